The minimum absolute atomic E-state index is 0.0111. The van der Waals surface area contributed by atoms with Crippen molar-refractivity contribution in [1.29, 1.82) is 0 Å². The van der Waals surface area contributed by atoms with Gasteiger partial charge < -0.3 is 4.74 Å². The van der Waals surface area contributed by atoms with Crippen LogP contribution < -0.4 is 4.74 Å². The van der Waals surface area contributed by atoms with Crippen LogP contribution in [0.3, 0.4) is 0 Å². The predicted molar refractivity (Wildman–Crippen MR) is 133 cm³/mol. The van der Waals surface area contributed by atoms with Crippen LogP contribution in [0.25, 0.3) is 0 Å². The summed E-state index contributed by atoms with van der Waals surface area (Å²) >= 11 is 0. The van der Waals surface area contributed by atoms with E-state index in [0.717, 1.165) is 36.0 Å². The second kappa shape index (κ2) is 14.4. The first-order chi connectivity index (χ1) is 16.5. The van der Waals surface area contributed by atoms with Crippen LogP contribution in [0.5, 0.6) is 5.75 Å². The van der Waals surface area contributed by atoms with E-state index in [-0.39, 0.29) is 12.4 Å². The molecule has 0 unspecified atom stereocenters. The molecular weight excluding hydrogens is 433 g/mol. The van der Waals surface area contributed by atoms with E-state index in [9.17, 15) is 13.2 Å². The van der Waals surface area contributed by atoms with Gasteiger partial charge in [0.05, 0.1) is 0 Å². The Morgan fingerprint density at radius 3 is 1.85 bits per heavy atom. The van der Waals surface area contributed by atoms with Crippen LogP contribution in [-0.4, -0.2) is 0 Å². The second-order valence-corrected chi connectivity index (χ2v) is 10.1. The first kappa shape index (κ1) is 26.6. The van der Waals surface area contributed by atoms with Crippen LogP contribution in [0.1, 0.15) is 102 Å². The Kier molecular flexibility index (Phi) is 11.3. The monoisotopic (exact) mass is 474 g/mol. The summed E-state index contributed by atoms with van der Waals surface area (Å²) in [6.45, 7) is 2.46. The molecule has 0 heterocycles. The van der Waals surface area contributed by atoms with Gasteiger partial charge in [0.25, 0.3) is 0 Å². The van der Waals surface area contributed by atoms with Crippen LogP contribution in [-0.2, 0) is 13.0 Å². The third kappa shape index (κ3) is 9.00. The topological polar surface area (TPSA) is 9.23 Å². The van der Waals surface area contributed by atoms with E-state index in [0.29, 0.717) is 0 Å². The van der Waals surface area contributed by atoms with Crippen molar-refractivity contribution >= 4 is 0 Å². The van der Waals surface area contributed by atoms with Crippen LogP contribution in [0.4, 0.5) is 13.2 Å². The third-order valence-corrected chi connectivity index (χ3v) is 7.41. The summed E-state index contributed by atoms with van der Waals surface area (Å²) in [5, 5.41) is 0. The Morgan fingerprint density at radius 2 is 1.24 bits per heavy atom. The Bertz CT molecular complexity index is 818. The smallest absolute Gasteiger partial charge is 0.194 e. The molecule has 1 aliphatic carbocycles. The number of aryl methyl sites for hydroxylation is 1. The number of hydrogen-bond acceptors (Lipinski definition) is 1. The summed E-state index contributed by atoms with van der Waals surface area (Å²) < 4.78 is 45.1. The molecule has 1 nitrogen and oxygen atoms in total. The van der Waals surface area contributed by atoms with Gasteiger partial charge in [0.1, 0.15) is 12.4 Å². The van der Waals surface area contributed by atoms with Gasteiger partial charge >= 0.3 is 0 Å². The molecule has 0 N–H and O–H groups in total. The molecule has 34 heavy (non-hydrogen) atoms. The summed E-state index contributed by atoms with van der Waals surface area (Å²) in [6.07, 6.45) is 19.1. The Balaban J connectivity index is 1.29. The van der Waals surface area contributed by atoms with E-state index in [4.69, 9.17) is 4.74 Å². The highest BCUT2D eigenvalue weighted by atomic mass is 19.2. The molecular formula is C30H41F3O. The van der Waals surface area contributed by atoms with Gasteiger partial charge in [-0.2, -0.15) is 0 Å². The van der Waals surface area contributed by atoms with Gasteiger partial charge in [-0.15, -0.1) is 0 Å². The van der Waals surface area contributed by atoms with E-state index in [1.54, 1.807) is 0 Å². The average Bonchev–Trinajstić information content (AvgIpc) is 2.85. The lowest BCUT2D eigenvalue weighted by Crippen LogP contribution is -2.15. The van der Waals surface area contributed by atoms with Crippen molar-refractivity contribution in [3.05, 3.63) is 65.0 Å². The first-order valence-corrected chi connectivity index (χ1v) is 13.4. The molecule has 1 fully saturated rings. The summed E-state index contributed by atoms with van der Waals surface area (Å²) in [6, 6.07) is 9.94. The lowest BCUT2D eigenvalue weighted by Gasteiger charge is -2.28. The zero-order valence-electron chi connectivity index (χ0n) is 20.8. The maximum absolute atomic E-state index is 13.3. The number of hydrogen-bond donors (Lipinski definition) is 0. The Hall–Kier alpha value is -1.97. The molecule has 0 bridgehead atoms. The van der Waals surface area contributed by atoms with E-state index in [1.165, 1.54) is 89.0 Å². The molecule has 2 aromatic carbocycles. The minimum Gasteiger partial charge on any atom is -0.489 e. The lowest BCUT2D eigenvalue weighted by atomic mass is 9.77. The maximum Gasteiger partial charge on any atom is 0.194 e. The molecule has 0 atom stereocenters. The second-order valence-electron chi connectivity index (χ2n) is 10.1. The van der Waals surface area contributed by atoms with E-state index >= 15 is 0 Å². The predicted octanol–water partition coefficient (Wildman–Crippen LogP) is 9.56. The molecule has 0 spiro atoms. The van der Waals surface area contributed by atoms with Crippen molar-refractivity contribution < 1.29 is 17.9 Å². The standard InChI is InChI=1S/C30H41F3O/c1-2-3-4-5-6-7-8-9-23-10-12-24(13-11-23)14-15-25-16-18-26(19-17-25)22-34-27-20-28(31)30(33)29(32)21-27/h16-21,23-24H,2-15,22H2,1H3. The van der Waals surface area contributed by atoms with Gasteiger partial charge in [0, 0.05) is 12.1 Å². The number of halogens is 3. The van der Waals surface area contributed by atoms with Gasteiger partial charge in [0.2, 0.25) is 0 Å². The first-order valence-electron chi connectivity index (χ1n) is 13.4. The average molecular weight is 475 g/mol. The molecule has 2 aromatic rings. The molecule has 0 aromatic heterocycles. The highest BCUT2D eigenvalue weighted by molar-refractivity contribution is 5.27. The molecule has 0 radical (unpaired) electrons. The molecule has 188 valence electrons. The fraction of sp³-hybridized carbons (Fsp3) is 0.600. The molecule has 0 aliphatic heterocycles. The highest BCUT2D eigenvalue weighted by Gasteiger charge is 2.20. The molecule has 1 aliphatic rings. The summed E-state index contributed by atoms with van der Waals surface area (Å²) in [5.41, 5.74) is 2.23. The molecule has 3 rings (SSSR count). The van der Waals surface area contributed by atoms with Crippen molar-refractivity contribution in [3.8, 4) is 5.75 Å². The fourth-order valence-electron chi connectivity index (χ4n) is 5.15. The van der Waals surface area contributed by atoms with Gasteiger partial charge in [-0.3, -0.25) is 0 Å². The number of benzene rings is 2. The number of ether oxygens (including phenoxy) is 1. The molecule has 1 saturated carbocycles. The number of unbranched alkanes of at least 4 members (excludes halogenated alkanes) is 6. The van der Waals surface area contributed by atoms with Crippen molar-refractivity contribution in [3.63, 3.8) is 0 Å². The van der Waals surface area contributed by atoms with Gasteiger partial charge in [0.15, 0.2) is 17.5 Å². The normalized spacial score (nSPS) is 18.2. The Morgan fingerprint density at radius 1 is 0.706 bits per heavy atom. The quantitative estimate of drug-likeness (QED) is 0.196. The van der Waals surface area contributed by atoms with E-state index in [1.807, 2.05) is 12.1 Å². The van der Waals surface area contributed by atoms with Crippen LogP contribution >= 0.6 is 0 Å². The van der Waals surface area contributed by atoms with E-state index in [2.05, 4.69) is 19.1 Å². The van der Waals surface area contributed by atoms with Crippen molar-refractivity contribution in [1.82, 2.24) is 0 Å². The van der Waals surface area contributed by atoms with Gasteiger partial charge in [-0.05, 0) is 35.8 Å². The van der Waals surface area contributed by atoms with Crippen molar-refractivity contribution in [2.24, 2.45) is 11.8 Å². The van der Waals surface area contributed by atoms with Crippen LogP contribution in [0.2, 0.25) is 0 Å². The Labute approximate surface area is 204 Å². The largest absolute Gasteiger partial charge is 0.489 e. The van der Waals surface area contributed by atoms with Crippen molar-refractivity contribution in [2.45, 2.75) is 103 Å². The highest BCUT2D eigenvalue weighted by Crippen LogP contribution is 2.34. The van der Waals surface area contributed by atoms with Crippen molar-refractivity contribution in [2.75, 3.05) is 0 Å². The molecule has 4 heteroatoms. The summed E-state index contributed by atoms with van der Waals surface area (Å²) in [4.78, 5) is 0. The number of rotatable bonds is 14. The third-order valence-electron chi connectivity index (χ3n) is 7.41. The maximum atomic E-state index is 13.3. The van der Waals surface area contributed by atoms with Gasteiger partial charge in [-0.25, -0.2) is 13.2 Å². The molecule has 0 amide bonds. The molecule has 0 saturated heterocycles. The van der Waals surface area contributed by atoms with Gasteiger partial charge in [-0.1, -0.05) is 108 Å². The van der Waals surface area contributed by atoms with E-state index < -0.39 is 17.5 Å². The fourth-order valence-corrected chi connectivity index (χ4v) is 5.15. The lowest BCUT2D eigenvalue weighted by molar-refractivity contribution is 0.248. The summed E-state index contributed by atoms with van der Waals surface area (Å²) in [5.74, 6) is -2.17. The summed E-state index contributed by atoms with van der Waals surface area (Å²) in [7, 11) is 0. The van der Waals surface area contributed by atoms with Crippen LogP contribution in [0.15, 0.2) is 36.4 Å². The SMILES string of the molecule is CCCCCCCCCC1CCC(CCc2ccc(COc3cc(F)c(F)c(F)c3)cc2)CC1. The minimum atomic E-state index is -1.47. The zero-order chi connectivity index (χ0) is 24.2. The van der Waals surface area contributed by atoms with Crippen LogP contribution in [0, 0.1) is 29.3 Å². The zero-order valence-corrected chi connectivity index (χ0v) is 20.8.